The van der Waals surface area contributed by atoms with Gasteiger partial charge in [0.25, 0.3) is 0 Å². The van der Waals surface area contributed by atoms with Gasteiger partial charge < -0.3 is 9.84 Å². The lowest BCUT2D eigenvalue weighted by Crippen LogP contribution is -2.18. The van der Waals surface area contributed by atoms with E-state index in [2.05, 4.69) is 22.5 Å². The van der Waals surface area contributed by atoms with Gasteiger partial charge in [0.2, 0.25) is 0 Å². The van der Waals surface area contributed by atoms with Gasteiger partial charge in [-0.3, -0.25) is 14.8 Å². The number of anilines is 1. The summed E-state index contributed by atoms with van der Waals surface area (Å²) in [7, 11) is 1.76. The molecule has 3 aromatic rings. The van der Waals surface area contributed by atoms with E-state index in [9.17, 15) is 9.59 Å². The lowest BCUT2D eigenvalue weighted by Gasteiger charge is -2.28. The van der Waals surface area contributed by atoms with Crippen LogP contribution in [0.25, 0.3) is 11.1 Å². The van der Waals surface area contributed by atoms with Gasteiger partial charge in [-0.1, -0.05) is 54.1 Å². The first-order valence-corrected chi connectivity index (χ1v) is 12.3. The first kappa shape index (κ1) is 24.8. The second-order valence-electron chi connectivity index (χ2n) is 9.16. The summed E-state index contributed by atoms with van der Waals surface area (Å²) in [4.78, 5) is 23.6. The van der Waals surface area contributed by atoms with Crippen molar-refractivity contribution in [1.82, 2.24) is 9.78 Å². The summed E-state index contributed by atoms with van der Waals surface area (Å²) < 4.78 is 7.16. The molecule has 4 rings (SSSR count). The lowest BCUT2D eigenvalue weighted by molar-refractivity contribution is -0.138. The van der Waals surface area contributed by atoms with Crippen LogP contribution >= 0.6 is 11.6 Å². The SMILES string of the molecule is C[C@@H](OC(=O)Nc1c(-c2ccc([C@H]3CC[C@H](CC(=O)O)CC3)cc2)cnn1C)c1ccccc1Cl. The zero-order valence-corrected chi connectivity index (χ0v) is 20.7. The zero-order valence-electron chi connectivity index (χ0n) is 19.9. The number of ether oxygens (including phenoxy) is 1. The maximum atomic E-state index is 12.6. The van der Waals surface area contributed by atoms with Crippen LogP contribution in [0.15, 0.2) is 54.7 Å². The van der Waals surface area contributed by atoms with E-state index < -0.39 is 18.2 Å². The number of nitrogens with zero attached hydrogens (tertiary/aromatic N) is 2. The number of aliphatic carboxylic acids is 1. The number of carboxylic acid groups (broad SMARTS) is 1. The lowest BCUT2D eigenvalue weighted by atomic mass is 9.77. The molecule has 8 heteroatoms. The summed E-state index contributed by atoms with van der Waals surface area (Å²) in [5, 5.41) is 16.7. The Hall–Kier alpha value is -3.32. The molecular weight excluding hydrogens is 466 g/mol. The predicted octanol–water partition coefficient (Wildman–Crippen LogP) is 6.80. The molecule has 35 heavy (non-hydrogen) atoms. The molecule has 2 N–H and O–H groups in total. The summed E-state index contributed by atoms with van der Waals surface area (Å²) in [6, 6.07) is 15.6. The number of aryl methyl sites for hydroxylation is 1. The third-order valence-corrected chi connectivity index (χ3v) is 7.13. The van der Waals surface area contributed by atoms with Crippen LogP contribution in [-0.4, -0.2) is 26.9 Å². The fourth-order valence-electron chi connectivity index (χ4n) is 4.83. The first-order valence-electron chi connectivity index (χ1n) is 11.9. The van der Waals surface area contributed by atoms with Crippen LogP contribution in [0.5, 0.6) is 0 Å². The topological polar surface area (TPSA) is 93.4 Å². The number of halogens is 1. The normalized spacial score (nSPS) is 18.6. The van der Waals surface area contributed by atoms with Gasteiger partial charge >= 0.3 is 12.1 Å². The van der Waals surface area contributed by atoms with E-state index in [1.54, 1.807) is 30.9 Å². The molecule has 7 nitrogen and oxygen atoms in total. The van der Waals surface area contributed by atoms with E-state index >= 15 is 0 Å². The Bertz CT molecular complexity index is 1180. The van der Waals surface area contributed by atoms with E-state index in [1.807, 2.05) is 30.3 Å². The molecule has 1 amide bonds. The van der Waals surface area contributed by atoms with Crippen molar-refractivity contribution in [2.45, 2.75) is 51.0 Å². The van der Waals surface area contributed by atoms with Gasteiger partial charge in [0.05, 0.1) is 6.20 Å². The third-order valence-electron chi connectivity index (χ3n) is 6.79. The Morgan fingerprint density at radius 1 is 1.14 bits per heavy atom. The number of aromatic nitrogens is 2. The first-order chi connectivity index (χ1) is 16.8. The van der Waals surface area contributed by atoms with Crippen molar-refractivity contribution >= 4 is 29.5 Å². The largest absolute Gasteiger partial charge is 0.481 e. The van der Waals surface area contributed by atoms with Gasteiger partial charge in [-0.15, -0.1) is 0 Å². The molecule has 0 aliphatic heterocycles. The van der Waals surface area contributed by atoms with E-state index in [-0.39, 0.29) is 12.3 Å². The van der Waals surface area contributed by atoms with Crippen molar-refractivity contribution in [2.24, 2.45) is 13.0 Å². The van der Waals surface area contributed by atoms with Crippen LogP contribution in [0.3, 0.4) is 0 Å². The highest BCUT2D eigenvalue weighted by molar-refractivity contribution is 6.31. The molecule has 0 bridgehead atoms. The van der Waals surface area contributed by atoms with E-state index in [4.69, 9.17) is 21.4 Å². The highest BCUT2D eigenvalue weighted by Crippen LogP contribution is 2.38. The molecular formula is C27H30ClN3O4. The molecule has 1 atom stereocenters. The Balaban J connectivity index is 1.41. The number of carbonyl (C=O) groups is 2. The average molecular weight is 496 g/mol. The summed E-state index contributed by atoms with van der Waals surface area (Å²) >= 11 is 6.22. The van der Waals surface area contributed by atoms with Gasteiger partial charge in [0.15, 0.2) is 0 Å². The standard InChI is InChI=1S/C27H30ClN3O4/c1-17(22-5-3-4-6-24(22)28)35-27(34)30-26-23(16-29-31(26)2)21-13-11-20(12-14-21)19-9-7-18(8-10-19)15-25(32)33/h3-6,11-14,16-19H,7-10,15H2,1-2H3,(H,30,34)(H,32,33)/t17-,18-,19-/m1/s1. The molecule has 0 saturated heterocycles. The van der Waals surface area contributed by atoms with Crippen molar-refractivity contribution < 1.29 is 19.4 Å². The Kier molecular flexibility index (Phi) is 7.76. The molecule has 184 valence electrons. The summed E-state index contributed by atoms with van der Waals surface area (Å²) in [6.07, 6.45) is 4.80. The zero-order chi connectivity index (χ0) is 24.9. The average Bonchev–Trinajstić information content (AvgIpc) is 3.19. The van der Waals surface area contributed by atoms with Gasteiger partial charge in [-0.25, -0.2) is 4.79 Å². The second-order valence-corrected chi connectivity index (χ2v) is 9.57. The van der Waals surface area contributed by atoms with Gasteiger partial charge in [0.1, 0.15) is 11.9 Å². The summed E-state index contributed by atoms with van der Waals surface area (Å²) in [5.41, 5.74) is 3.73. The van der Waals surface area contributed by atoms with Crippen molar-refractivity contribution in [3.05, 3.63) is 70.9 Å². The van der Waals surface area contributed by atoms with Crippen molar-refractivity contribution in [3.8, 4) is 11.1 Å². The second kappa shape index (κ2) is 11.0. The van der Waals surface area contributed by atoms with Crippen LogP contribution in [0.1, 0.15) is 62.2 Å². The van der Waals surface area contributed by atoms with E-state index in [0.717, 1.165) is 42.4 Å². The minimum Gasteiger partial charge on any atom is -0.481 e. The highest BCUT2D eigenvalue weighted by atomic mass is 35.5. The quantitative estimate of drug-likeness (QED) is 0.376. The van der Waals surface area contributed by atoms with Crippen molar-refractivity contribution in [1.29, 1.82) is 0 Å². The Morgan fingerprint density at radius 2 is 1.83 bits per heavy atom. The fourth-order valence-corrected chi connectivity index (χ4v) is 5.12. The fraction of sp³-hybridized carbons (Fsp3) is 0.370. The minimum atomic E-state index is -0.708. The van der Waals surface area contributed by atoms with Gasteiger partial charge in [0, 0.05) is 29.6 Å². The highest BCUT2D eigenvalue weighted by Gasteiger charge is 2.24. The number of nitrogens with one attached hydrogen (secondary N) is 1. The molecule has 1 saturated carbocycles. The Labute approximate surface area is 210 Å². The molecule has 1 aliphatic carbocycles. The maximum Gasteiger partial charge on any atom is 0.413 e. The molecule has 2 aromatic carbocycles. The number of hydrogen-bond acceptors (Lipinski definition) is 4. The molecule has 1 heterocycles. The molecule has 0 radical (unpaired) electrons. The van der Waals surface area contributed by atoms with Crippen LogP contribution in [0.4, 0.5) is 10.6 Å². The number of benzene rings is 2. The van der Waals surface area contributed by atoms with Crippen LogP contribution in [-0.2, 0) is 16.6 Å². The molecule has 0 unspecified atom stereocenters. The minimum absolute atomic E-state index is 0.266. The smallest absolute Gasteiger partial charge is 0.413 e. The predicted molar refractivity (Wildman–Crippen MR) is 136 cm³/mol. The van der Waals surface area contributed by atoms with E-state index in [1.165, 1.54) is 5.56 Å². The third kappa shape index (κ3) is 6.03. The maximum absolute atomic E-state index is 12.6. The monoisotopic (exact) mass is 495 g/mol. The summed E-state index contributed by atoms with van der Waals surface area (Å²) in [5.74, 6) is 0.568. The van der Waals surface area contributed by atoms with Gasteiger partial charge in [-0.2, -0.15) is 5.10 Å². The molecule has 0 spiro atoms. The van der Waals surface area contributed by atoms with Crippen molar-refractivity contribution in [3.63, 3.8) is 0 Å². The number of hydrogen-bond donors (Lipinski definition) is 2. The number of carboxylic acids is 1. The molecule has 1 aliphatic rings. The molecule has 1 fully saturated rings. The van der Waals surface area contributed by atoms with Crippen LogP contribution in [0, 0.1) is 5.92 Å². The van der Waals surface area contributed by atoms with Crippen LogP contribution in [0.2, 0.25) is 5.02 Å². The summed E-state index contributed by atoms with van der Waals surface area (Å²) in [6.45, 7) is 1.78. The van der Waals surface area contributed by atoms with Crippen LogP contribution < -0.4 is 5.32 Å². The molecule has 1 aromatic heterocycles. The Morgan fingerprint density at radius 3 is 2.49 bits per heavy atom. The van der Waals surface area contributed by atoms with Crippen molar-refractivity contribution in [2.75, 3.05) is 5.32 Å². The number of amides is 1. The van der Waals surface area contributed by atoms with Gasteiger partial charge in [-0.05, 0) is 61.6 Å². The number of carbonyl (C=O) groups excluding carboxylic acids is 1. The van der Waals surface area contributed by atoms with E-state index in [0.29, 0.717) is 16.8 Å². The number of rotatable bonds is 7.